The van der Waals surface area contributed by atoms with Gasteiger partial charge in [-0.25, -0.2) is 0 Å². The van der Waals surface area contributed by atoms with Gasteiger partial charge in [0.05, 0.1) is 19.3 Å². The minimum absolute atomic E-state index is 0.297. The molecule has 0 bridgehead atoms. The van der Waals surface area contributed by atoms with Crippen molar-refractivity contribution in [1.82, 2.24) is 20.0 Å². The summed E-state index contributed by atoms with van der Waals surface area (Å²) >= 11 is 0. The third-order valence-corrected chi connectivity index (χ3v) is 3.91. The zero-order valence-electron chi connectivity index (χ0n) is 15.0. The van der Waals surface area contributed by atoms with Crippen LogP contribution in [0.15, 0.2) is 35.6 Å². The average molecular weight is 343 g/mol. The molecule has 25 heavy (non-hydrogen) atoms. The summed E-state index contributed by atoms with van der Waals surface area (Å²) in [6.45, 7) is 7.41. The van der Waals surface area contributed by atoms with Crippen molar-refractivity contribution in [3.05, 3.63) is 41.7 Å². The first-order valence-corrected chi connectivity index (χ1v) is 8.52. The van der Waals surface area contributed by atoms with Crippen molar-refractivity contribution in [1.29, 1.82) is 0 Å². The third-order valence-electron chi connectivity index (χ3n) is 3.91. The minimum atomic E-state index is 0.297. The van der Waals surface area contributed by atoms with Crippen LogP contribution in [0.3, 0.4) is 0 Å². The molecule has 0 spiro atoms. The largest absolute Gasteiger partial charge is 0.454 e. The highest BCUT2D eigenvalue weighted by atomic mass is 16.7. The van der Waals surface area contributed by atoms with E-state index in [-0.39, 0.29) is 0 Å². The summed E-state index contributed by atoms with van der Waals surface area (Å²) in [5.74, 6) is 2.49. The Balaban J connectivity index is 1.61. The van der Waals surface area contributed by atoms with E-state index in [1.807, 2.05) is 43.2 Å². The number of rotatable bonds is 6. The topological polar surface area (TPSA) is 63.9 Å². The number of hydrogen-bond acceptors (Lipinski definition) is 4. The first-order chi connectivity index (χ1) is 12.2. The number of hydrogen-bond donors (Lipinski definition) is 1. The van der Waals surface area contributed by atoms with Crippen molar-refractivity contribution in [3.8, 4) is 11.5 Å². The standard InChI is InChI=1S/C18H25N5O2/c1-4-19-18(20-7-8-23-11-14(2)10-21-23)22(3)12-15-5-6-16-17(9-15)25-13-24-16/h5-6,9-11H,4,7-8,12-13H2,1-3H3,(H,19,20). The molecule has 3 rings (SSSR count). The maximum Gasteiger partial charge on any atom is 0.231 e. The van der Waals surface area contributed by atoms with Crippen LogP contribution in [0.5, 0.6) is 11.5 Å². The SMILES string of the molecule is CCNC(=NCCn1cc(C)cn1)N(C)Cc1ccc2c(c1)OCO2. The molecular formula is C18H25N5O2. The van der Waals surface area contributed by atoms with Crippen molar-refractivity contribution in [2.75, 3.05) is 26.9 Å². The van der Waals surface area contributed by atoms with Crippen molar-refractivity contribution < 1.29 is 9.47 Å². The lowest BCUT2D eigenvalue weighted by atomic mass is 10.2. The molecule has 2 aromatic rings. The van der Waals surface area contributed by atoms with Crippen LogP contribution in [-0.2, 0) is 13.1 Å². The van der Waals surface area contributed by atoms with Crippen LogP contribution in [0.25, 0.3) is 0 Å². The van der Waals surface area contributed by atoms with E-state index in [4.69, 9.17) is 14.5 Å². The Bertz CT molecular complexity index is 741. The Labute approximate surface area is 148 Å². The Morgan fingerprint density at radius 3 is 2.96 bits per heavy atom. The predicted octanol–water partition coefficient (Wildman–Crippen LogP) is 2.02. The fourth-order valence-electron chi connectivity index (χ4n) is 2.71. The van der Waals surface area contributed by atoms with Gasteiger partial charge in [0.25, 0.3) is 0 Å². The van der Waals surface area contributed by atoms with Crippen LogP contribution in [0.4, 0.5) is 0 Å². The van der Waals surface area contributed by atoms with Crippen LogP contribution in [-0.4, -0.2) is 47.6 Å². The summed E-state index contributed by atoms with van der Waals surface area (Å²) in [7, 11) is 2.03. The highest BCUT2D eigenvalue weighted by Gasteiger charge is 2.14. The van der Waals surface area contributed by atoms with Crippen LogP contribution < -0.4 is 14.8 Å². The number of ether oxygens (including phenoxy) is 2. The quantitative estimate of drug-likeness (QED) is 0.642. The number of nitrogens with one attached hydrogen (secondary N) is 1. The van der Waals surface area contributed by atoms with Crippen LogP contribution in [0.2, 0.25) is 0 Å². The highest BCUT2D eigenvalue weighted by molar-refractivity contribution is 5.79. The van der Waals surface area contributed by atoms with Gasteiger partial charge in [0.2, 0.25) is 6.79 Å². The molecule has 0 atom stereocenters. The number of fused-ring (bicyclic) bond motifs is 1. The van der Waals surface area contributed by atoms with E-state index in [1.54, 1.807) is 0 Å². The Morgan fingerprint density at radius 1 is 1.36 bits per heavy atom. The maximum atomic E-state index is 5.45. The number of benzene rings is 1. The molecule has 0 amide bonds. The van der Waals surface area contributed by atoms with Crippen molar-refractivity contribution >= 4 is 5.96 Å². The van der Waals surface area contributed by atoms with Crippen LogP contribution in [0, 0.1) is 6.92 Å². The van der Waals surface area contributed by atoms with Gasteiger partial charge in [-0.05, 0) is 37.1 Å². The molecule has 1 aliphatic heterocycles. The summed E-state index contributed by atoms with van der Waals surface area (Å²) in [5.41, 5.74) is 2.32. The van der Waals surface area contributed by atoms with Gasteiger partial charge >= 0.3 is 0 Å². The number of aliphatic imine (C=N–C) groups is 1. The van der Waals surface area contributed by atoms with Gasteiger partial charge in [0, 0.05) is 26.3 Å². The molecule has 1 aromatic carbocycles. The number of nitrogens with zero attached hydrogens (tertiary/aromatic N) is 4. The first-order valence-electron chi connectivity index (χ1n) is 8.52. The lowest BCUT2D eigenvalue weighted by Crippen LogP contribution is -2.38. The smallest absolute Gasteiger partial charge is 0.231 e. The van der Waals surface area contributed by atoms with Gasteiger partial charge in [-0.15, -0.1) is 0 Å². The van der Waals surface area contributed by atoms with Crippen molar-refractivity contribution in [2.45, 2.75) is 26.9 Å². The van der Waals surface area contributed by atoms with E-state index in [9.17, 15) is 0 Å². The van der Waals surface area contributed by atoms with E-state index in [2.05, 4.69) is 28.3 Å². The fourth-order valence-corrected chi connectivity index (χ4v) is 2.71. The van der Waals surface area contributed by atoms with E-state index < -0.39 is 0 Å². The van der Waals surface area contributed by atoms with E-state index in [0.717, 1.165) is 48.2 Å². The molecule has 1 aliphatic rings. The Morgan fingerprint density at radius 2 is 2.20 bits per heavy atom. The summed E-state index contributed by atoms with van der Waals surface area (Å²) in [5, 5.41) is 7.63. The van der Waals surface area contributed by atoms with E-state index in [1.165, 1.54) is 0 Å². The lowest BCUT2D eigenvalue weighted by molar-refractivity contribution is 0.174. The Hall–Kier alpha value is -2.70. The number of guanidine groups is 1. The molecule has 0 saturated heterocycles. The summed E-state index contributed by atoms with van der Waals surface area (Å²) in [4.78, 5) is 6.81. The second kappa shape index (κ2) is 7.92. The predicted molar refractivity (Wildman–Crippen MR) is 97.0 cm³/mol. The molecule has 0 saturated carbocycles. The van der Waals surface area contributed by atoms with Gasteiger partial charge < -0.3 is 19.7 Å². The van der Waals surface area contributed by atoms with Gasteiger partial charge in [-0.3, -0.25) is 9.67 Å². The van der Waals surface area contributed by atoms with Gasteiger partial charge in [0.15, 0.2) is 17.5 Å². The molecule has 1 aromatic heterocycles. The summed E-state index contributed by atoms with van der Waals surface area (Å²) < 4.78 is 12.7. The summed E-state index contributed by atoms with van der Waals surface area (Å²) in [6.07, 6.45) is 3.89. The molecule has 7 nitrogen and oxygen atoms in total. The summed E-state index contributed by atoms with van der Waals surface area (Å²) in [6, 6.07) is 6.03. The second-order valence-corrected chi connectivity index (χ2v) is 6.06. The van der Waals surface area contributed by atoms with Gasteiger partial charge in [0.1, 0.15) is 0 Å². The lowest BCUT2D eigenvalue weighted by Gasteiger charge is -2.22. The maximum absolute atomic E-state index is 5.45. The Kier molecular flexibility index (Phi) is 5.42. The van der Waals surface area contributed by atoms with Crippen LogP contribution in [0.1, 0.15) is 18.1 Å². The van der Waals surface area contributed by atoms with Gasteiger partial charge in [-0.1, -0.05) is 6.07 Å². The normalized spacial score (nSPS) is 13.2. The molecule has 0 radical (unpaired) electrons. The second-order valence-electron chi connectivity index (χ2n) is 6.06. The van der Waals surface area contributed by atoms with Crippen LogP contribution >= 0.6 is 0 Å². The number of aryl methyl sites for hydroxylation is 1. The van der Waals surface area contributed by atoms with Gasteiger partial charge in [-0.2, -0.15) is 5.10 Å². The first kappa shape index (κ1) is 17.1. The zero-order valence-corrected chi connectivity index (χ0v) is 15.0. The molecule has 0 fully saturated rings. The molecule has 0 aliphatic carbocycles. The molecule has 1 N–H and O–H groups in total. The van der Waals surface area contributed by atoms with E-state index >= 15 is 0 Å². The third kappa shape index (κ3) is 4.43. The molecule has 7 heteroatoms. The molecular weight excluding hydrogens is 318 g/mol. The fraction of sp³-hybridized carbons (Fsp3) is 0.444. The molecule has 2 heterocycles. The van der Waals surface area contributed by atoms with E-state index in [0.29, 0.717) is 13.3 Å². The number of aromatic nitrogens is 2. The zero-order chi connectivity index (χ0) is 17.6. The molecule has 134 valence electrons. The molecule has 0 unspecified atom stereocenters. The van der Waals surface area contributed by atoms with Crippen molar-refractivity contribution in [3.63, 3.8) is 0 Å². The monoisotopic (exact) mass is 343 g/mol. The highest BCUT2D eigenvalue weighted by Crippen LogP contribution is 2.32. The average Bonchev–Trinajstić information content (AvgIpc) is 3.22. The van der Waals surface area contributed by atoms with Crippen molar-refractivity contribution in [2.24, 2.45) is 4.99 Å². The minimum Gasteiger partial charge on any atom is -0.454 e.